The van der Waals surface area contributed by atoms with Crippen LogP contribution in [-0.2, 0) is 0 Å². The molecule has 1 aromatic rings. The highest BCUT2D eigenvalue weighted by molar-refractivity contribution is 5.30. The molecule has 1 heterocycles. The minimum Gasteiger partial charge on any atom is -0.494 e. The number of hydrazine groups is 1. The van der Waals surface area contributed by atoms with E-state index in [0.717, 1.165) is 25.4 Å². The third-order valence-electron chi connectivity index (χ3n) is 2.48. The molecule has 1 aromatic carbocycles. The number of hydrogen-bond donors (Lipinski definition) is 2. The van der Waals surface area contributed by atoms with Gasteiger partial charge in [-0.3, -0.25) is 10.9 Å². The molecule has 0 radical (unpaired) electrons. The van der Waals surface area contributed by atoms with Crippen molar-refractivity contribution in [1.82, 2.24) is 10.9 Å². The molecule has 1 fully saturated rings. The molecular weight excluding hydrogens is 176 g/mol. The lowest BCUT2D eigenvalue weighted by Crippen LogP contribution is -2.21. The van der Waals surface area contributed by atoms with Gasteiger partial charge in [-0.2, -0.15) is 0 Å². The number of ether oxygens (including phenoxy) is 1. The molecule has 3 heteroatoms. The van der Waals surface area contributed by atoms with Gasteiger partial charge in [-0.05, 0) is 24.6 Å². The molecule has 2 rings (SSSR count). The summed E-state index contributed by atoms with van der Waals surface area (Å²) in [6, 6.07) is 8.36. The maximum Gasteiger partial charge on any atom is 0.119 e. The Labute approximate surface area is 84.4 Å². The van der Waals surface area contributed by atoms with Crippen molar-refractivity contribution in [2.24, 2.45) is 0 Å². The van der Waals surface area contributed by atoms with E-state index in [1.807, 2.05) is 19.1 Å². The number of hydrogen-bond acceptors (Lipinski definition) is 3. The van der Waals surface area contributed by atoms with Gasteiger partial charge in [0.2, 0.25) is 0 Å². The zero-order valence-electron chi connectivity index (χ0n) is 8.42. The molecule has 0 aliphatic carbocycles. The average molecular weight is 192 g/mol. The molecule has 0 amide bonds. The van der Waals surface area contributed by atoms with Crippen LogP contribution in [0.5, 0.6) is 5.75 Å². The summed E-state index contributed by atoms with van der Waals surface area (Å²) in [6.07, 6.45) is 0. The molecule has 1 aliphatic heterocycles. The molecule has 1 saturated heterocycles. The van der Waals surface area contributed by atoms with Crippen LogP contribution < -0.4 is 15.6 Å². The fourth-order valence-electron chi connectivity index (χ4n) is 1.70. The lowest BCUT2D eigenvalue weighted by atomic mass is 10.0. The monoisotopic (exact) mass is 192 g/mol. The normalized spacial score (nSPS) is 17.2. The fourth-order valence-corrected chi connectivity index (χ4v) is 1.70. The van der Waals surface area contributed by atoms with Crippen molar-refractivity contribution in [3.05, 3.63) is 29.8 Å². The average Bonchev–Trinajstić information content (AvgIpc) is 2.72. The van der Waals surface area contributed by atoms with Crippen molar-refractivity contribution >= 4 is 0 Å². The first-order valence-corrected chi connectivity index (χ1v) is 5.08. The molecule has 0 atom stereocenters. The summed E-state index contributed by atoms with van der Waals surface area (Å²) in [6.45, 7) is 4.74. The van der Waals surface area contributed by atoms with Crippen LogP contribution in [0.1, 0.15) is 18.4 Å². The first-order chi connectivity index (χ1) is 6.90. The van der Waals surface area contributed by atoms with E-state index in [1.54, 1.807) is 0 Å². The third-order valence-corrected chi connectivity index (χ3v) is 2.48. The second-order valence-corrected chi connectivity index (χ2v) is 3.46. The van der Waals surface area contributed by atoms with E-state index in [1.165, 1.54) is 5.56 Å². The van der Waals surface area contributed by atoms with Gasteiger partial charge in [0.1, 0.15) is 5.75 Å². The van der Waals surface area contributed by atoms with Crippen LogP contribution in [0.25, 0.3) is 0 Å². The van der Waals surface area contributed by atoms with Crippen LogP contribution in [0.3, 0.4) is 0 Å². The van der Waals surface area contributed by atoms with Gasteiger partial charge in [0.15, 0.2) is 0 Å². The molecule has 2 N–H and O–H groups in total. The standard InChI is InChI=1S/C11H16N2O/c1-2-14-11-5-3-9(4-6-11)10-7-12-13-8-10/h3-6,10,12-13H,2,7-8H2,1H3. The Balaban J connectivity index is 2.05. The summed E-state index contributed by atoms with van der Waals surface area (Å²) >= 11 is 0. The SMILES string of the molecule is CCOc1ccc(C2CNNC2)cc1. The van der Waals surface area contributed by atoms with Gasteiger partial charge >= 0.3 is 0 Å². The van der Waals surface area contributed by atoms with Crippen molar-refractivity contribution in [1.29, 1.82) is 0 Å². The second kappa shape index (κ2) is 4.44. The van der Waals surface area contributed by atoms with E-state index >= 15 is 0 Å². The van der Waals surface area contributed by atoms with Gasteiger partial charge in [-0.15, -0.1) is 0 Å². The van der Waals surface area contributed by atoms with E-state index in [2.05, 4.69) is 23.0 Å². The molecule has 0 saturated carbocycles. The number of nitrogens with one attached hydrogen (secondary N) is 2. The predicted octanol–water partition coefficient (Wildman–Crippen LogP) is 1.28. The van der Waals surface area contributed by atoms with Crippen molar-refractivity contribution in [3.63, 3.8) is 0 Å². The van der Waals surface area contributed by atoms with Crippen molar-refractivity contribution in [2.45, 2.75) is 12.8 Å². The third kappa shape index (κ3) is 2.05. The maximum absolute atomic E-state index is 5.39. The van der Waals surface area contributed by atoms with Gasteiger partial charge in [0.25, 0.3) is 0 Å². The summed E-state index contributed by atoms with van der Waals surface area (Å²) in [7, 11) is 0. The zero-order chi connectivity index (χ0) is 9.80. The Bertz CT molecular complexity index is 278. The largest absolute Gasteiger partial charge is 0.494 e. The molecule has 3 nitrogen and oxygen atoms in total. The summed E-state index contributed by atoms with van der Waals surface area (Å²) in [5.41, 5.74) is 7.63. The van der Waals surface area contributed by atoms with Crippen LogP contribution in [-0.4, -0.2) is 19.7 Å². The minimum atomic E-state index is 0.589. The van der Waals surface area contributed by atoms with Crippen LogP contribution in [0, 0.1) is 0 Å². The smallest absolute Gasteiger partial charge is 0.119 e. The zero-order valence-corrected chi connectivity index (χ0v) is 8.42. The molecule has 0 aromatic heterocycles. The van der Waals surface area contributed by atoms with Crippen molar-refractivity contribution < 1.29 is 4.74 Å². The number of benzene rings is 1. The van der Waals surface area contributed by atoms with Crippen LogP contribution in [0.4, 0.5) is 0 Å². The molecule has 1 aliphatic rings. The molecule has 14 heavy (non-hydrogen) atoms. The lowest BCUT2D eigenvalue weighted by molar-refractivity contribution is 0.340. The Morgan fingerprint density at radius 1 is 1.21 bits per heavy atom. The van der Waals surface area contributed by atoms with Crippen LogP contribution in [0.2, 0.25) is 0 Å². The molecule has 0 spiro atoms. The van der Waals surface area contributed by atoms with Gasteiger partial charge in [-0.1, -0.05) is 12.1 Å². The van der Waals surface area contributed by atoms with Gasteiger partial charge < -0.3 is 4.74 Å². The second-order valence-electron chi connectivity index (χ2n) is 3.46. The lowest BCUT2D eigenvalue weighted by Gasteiger charge is -2.09. The van der Waals surface area contributed by atoms with Crippen LogP contribution >= 0.6 is 0 Å². The topological polar surface area (TPSA) is 33.3 Å². The molecule has 0 bridgehead atoms. The highest BCUT2D eigenvalue weighted by Crippen LogP contribution is 2.20. The van der Waals surface area contributed by atoms with E-state index in [0.29, 0.717) is 5.92 Å². The highest BCUT2D eigenvalue weighted by atomic mass is 16.5. The first kappa shape index (κ1) is 9.49. The summed E-state index contributed by atoms with van der Waals surface area (Å²) in [4.78, 5) is 0. The predicted molar refractivity (Wildman–Crippen MR) is 56.4 cm³/mol. The Morgan fingerprint density at radius 3 is 2.43 bits per heavy atom. The highest BCUT2D eigenvalue weighted by Gasteiger charge is 2.15. The minimum absolute atomic E-state index is 0.589. The van der Waals surface area contributed by atoms with Crippen LogP contribution in [0.15, 0.2) is 24.3 Å². The molecular formula is C11H16N2O. The Hall–Kier alpha value is -1.06. The Morgan fingerprint density at radius 2 is 1.86 bits per heavy atom. The first-order valence-electron chi connectivity index (χ1n) is 5.08. The van der Waals surface area contributed by atoms with Gasteiger partial charge in [0.05, 0.1) is 6.61 Å². The Kier molecular flexibility index (Phi) is 3.01. The van der Waals surface area contributed by atoms with E-state index in [-0.39, 0.29) is 0 Å². The van der Waals surface area contributed by atoms with E-state index in [4.69, 9.17) is 4.74 Å². The maximum atomic E-state index is 5.39. The summed E-state index contributed by atoms with van der Waals surface area (Å²) in [5, 5.41) is 0. The van der Waals surface area contributed by atoms with E-state index < -0.39 is 0 Å². The fraction of sp³-hybridized carbons (Fsp3) is 0.455. The quantitative estimate of drug-likeness (QED) is 0.756. The van der Waals surface area contributed by atoms with E-state index in [9.17, 15) is 0 Å². The van der Waals surface area contributed by atoms with Crippen molar-refractivity contribution in [2.75, 3.05) is 19.7 Å². The molecule has 76 valence electrons. The van der Waals surface area contributed by atoms with Gasteiger partial charge in [-0.25, -0.2) is 0 Å². The summed E-state index contributed by atoms with van der Waals surface area (Å²) < 4.78 is 5.39. The molecule has 0 unspecified atom stereocenters. The number of rotatable bonds is 3. The summed E-state index contributed by atoms with van der Waals surface area (Å²) in [5.74, 6) is 1.54. The van der Waals surface area contributed by atoms with Crippen molar-refractivity contribution in [3.8, 4) is 5.75 Å². The van der Waals surface area contributed by atoms with Gasteiger partial charge in [0, 0.05) is 19.0 Å².